The molecule has 1 atom stereocenters. The monoisotopic (exact) mass is 259 g/mol. The Hall–Kier alpha value is -0.480. The van der Waals surface area contributed by atoms with Crippen LogP contribution < -0.4 is 5.32 Å². The summed E-state index contributed by atoms with van der Waals surface area (Å²) in [5.74, 6) is -0.160. The molecule has 0 aliphatic heterocycles. The number of carbonyl (C=O) groups excluding carboxylic acids is 1. The van der Waals surface area contributed by atoms with Crippen molar-refractivity contribution < 1.29 is 4.79 Å². The van der Waals surface area contributed by atoms with E-state index >= 15 is 0 Å². The highest BCUT2D eigenvalue weighted by atomic mass is 79.9. The molecule has 0 saturated carbocycles. The minimum Gasteiger partial charge on any atom is -0.324 e. The van der Waals surface area contributed by atoms with Crippen molar-refractivity contribution in [3.8, 4) is 0 Å². The van der Waals surface area contributed by atoms with E-state index in [1.54, 1.807) is 0 Å². The van der Waals surface area contributed by atoms with Gasteiger partial charge in [0.2, 0.25) is 5.91 Å². The van der Waals surface area contributed by atoms with Crippen molar-refractivity contribution in [2.75, 3.05) is 5.32 Å². The zero-order valence-corrected chi connectivity index (χ0v) is 9.60. The molecule has 4 heteroatoms. The van der Waals surface area contributed by atoms with Crippen LogP contribution in [0.4, 0.5) is 5.69 Å². The number of aryl methyl sites for hydroxylation is 1. The molecule has 1 unspecified atom stereocenters. The van der Waals surface area contributed by atoms with Crippen LogP contribution in [0.15, 0.2) is 24.3 Å². The first kappa shape index (κ1) is 10.6. The van der Waals surface area contributed by atoms with Gasteiger partial charge in [0.25, 0.3) is 0 Å². The predicted octanol–water partition coefficient (Wildman–Crippen LogP) is 2.58. The summed E-state index contributed by atoms with van der Waals surface area (Å²) in [6.45, 7) is 2.00. The molecule has 0 heterocycles. The molecule has 0 aliphatic rings. The molecule has 1 aromatic rings. The van der Waals surface area contributed by atoms with Gasteiger partial charge >= 0.3 is 0 Å². The summed E-state index contributed by atoms with van der Waals surface area (Å²) in [6, 6.07) is 7.60. The molecule has 0 radical (unpaired) electrons. The second-order valence-corrected chi connectivity index (χ2v) is 4.83. The van der Waals surface area contributed by atoms with Crippen molar-refractivity contribution in [3.05, 3.63) is 29.8 Å². The molecular formula is C9H10BrNOS. The van der Waals surface area contributed by atoms with E-state index in [4.69, 9.17) is 0 Å². The minimum atomic E-state index is -0.464. The van der Waals surface area contributed by atoms with E-state index in [-0.39, 0.29) is 5.91 Å². The van der Waals surface area contributed by atoms with E-state index in [9.17, 15) is 4.79 Å². The average Bonchev–Trinajstić information content (AvgIpc) is 2.08. The maximum atomic E-state index is 11.2. The Morgan fingerprint density at radius 1 is 1.46 bits per heavy atom. The van der Waals surface area contributed by atoms with Crippen molar-refractivity contribution in [2.24, 2.45) is 0 Å². The van der Waals surface area contributed by atoms with E-state index in [1.165, 1.54) is 5.56 Å². The van der Waals surface area contributed by atoms with Crippen molar-refractivity contribution in [3.63, 3.8) is 0 Å². The summed E-state index contributed by atoms with van der Waals surface area (Å²) in [5, 5.41) is 2.71. The van der Waals surface area contributed by atoms with Crippen molar-refractivity contribution in [2.45, 2.75) is 11.1 Å². The number of benzene rings is 1. The molecular weight excluding hydrogens is 250 g/mol. The Bertz CT molecular complexity index is 297. The minimum absolute atomic E-state index is 0.160. The Labute approximate surface area is 91.3 Å². The van der Waals surface area contributed by atoms with Gasteiger partial charge in [0, 0.05) is 5.69 Å². The summed E-state index contributed by atoms with van der Waals surface area (Å²) < 4.78 is -0.464. The molecule has 1 rings (SSSR count). The Morgan fingerprint density at radius 2 is 2.00 bits per heavy atom. The summed E-state index contributed by atoms with van der Waals surface area (Å²) in [6.07, 6.45) is 0. The van der Waals surface area contributed by atoms with Crippen LogP contribution >= 0.6 is 28.6 Å². The lowest BCUT2D eigenvalue weighted by atomic mass is 10.2. The van der Waals surface area contributed by atoms with Gasteiger partial charge in [0.15, 0.2) is 0 Å². The number of rotatable bonds is 2. The molecule has 13 heavy (non-hydrogen) atoms. The number of hydrogen-bond donors (Lipinski definition) is 2. The number of alkyl halides is 1. The molecule has 0 aliphatic carbocycles. The van der Waals surface area contributed by atoms with E-state index in [0.717, 1.165) is 5.69 Å². The third-order valence-electron chi connectivity index (χ3n) is 1.54. The van der Waals surface area contributed by atoms with Crippen LogP contribution in [0.25, 0.3) is 0 Å². The van der Waals surface area contributed by atoms with E-state index in [1.807, 2.05) is 31.2 Å². The molecule has 0 aromatic heterocycles. The van der Waals surface area contributed by atoms with Crippen LogP contribution in [-0.4, -0.2) is 10.1 Å². The SMILES string of the molecule is Cc1ccc(NC(=O)C(S)Br)cc1. The topological polar surface area (TPSA) is 29.1 Å². The molecule has 0 bridgehead atoms. The molecule has 0 fully saturated rings. The first-order valence-electron chi connectivity index (χ1n) is 3.79. The van der Waals surface area contributed by atoms with Gasteiger partial charge in [-0.3, -0.25) is 4.79 Å². The van der Waals surface area contributed by atoms with Gasteiger partial charge in [-0.25, -0.2) is 0 Å². The quantitative estimate of drug-likeness (QED) is 0.621. The van der Waals surface area contributed by atoms with Crippen LogP contribution in [0.1, 0.15) is 5.56 Å². The molecule has 70 valence electrons. The summed E-state index contributed by atoms with van der Waals surface area (Å²) in [5.41, 5.74) is 1.95. The maximum Gasteiger partial charge on any atom is 0.248 e. The highest BCUT2D eigenvalue weighted by Gasteiger charge is 2.08. The van der Waals surface area contributed by atoms with Gasteiger partial charge < -0.3 is 5.32 Å². The van der Waals surface area contributed by atoms with Crippen molar-refractivity contribution >= 4 is 40.2 Å². The fraction of sp³-hybridized carbons (Fsp3) is 0.222. The smallest absolute Gasteiger partial charge is 0.248 e. The van der Waals surface area contributed by atoms with Crippen LogP contribution in [-0.2, 0) is 4.79 Å². The van der Waals surface area contributed by atoms with E-state index in [0.29, 0.717) is 0 Å². The number of nitrogens with one attached hydrogen (secondary N) is 1. The molecule has 1 N–H and O–H groups in total. The third kappa shape index (κ3) is 3.40. The fourth-order valence-electron chi connectivity index (χ4n) is 0.839. The second kappa shape index (κ2) is 4.67. The number of halogens is 1. The molecule has 2 nitrogen and oxygen atoms in total. The Kier molecular flexibility index (Phi) is 3.81. The first-order valence-corrected chi connectivity index (χ1v) is 5.22. The molecule has 1 aromatic carbocycles. The largest absolute Gasteiger partial charge is 0.324 e. The summed E-state index contributed by atoms with van der Waals surface area (Å²) in [4.78, 5) is 11.2. The highest BCUT2D eigenvalue weighted by molar-refractivity contribution is 9.11. The number of thiol groups is 1. The third-order valence-corrected chi connectivity index (χ3v) is 2.19. The maximum absolute atomic E-state index is 11.2. The first-order chi connectivity index (χ1) is 6.09. The lowest BCUT2D eigenvalue weighted by Gasteiger charge is -2.05. The number of carbonyl (C=O) groups is 1. The van der Waals surface area contributed by atoms with Crippen LogP contribution in [0, 0.1) is 6.92 Å². The molecule has 0 saturated heterocycles. The zero-order valence-electron chi connectivity index (χ0n) is 7.12. The van der Waals surface area contributed by atoms with Gasteiger partial charge in [-0.15, -0.1) is 0 Å². The number of anilines is 1. The van der Waals surface area contributed by atoms with Gasteiger partial charge in [-0.05, 0) is 19.1 Å². The lowest BCUT2D eigenvalue weighted by molar-refractivity contribution is -0.114. The average molecular weight is 260 g/mol. The molecule has 0 spiro atoms. The van der Waals surface area contributed by atoms with Crippen molar-refractivity contribution in [1.82, 2.24) is 0 Å². The van der Waals surface area contributed by atoms with Gasteiger partial charge in [0.05, 0.1) is 0 Å². The lowest BCUT2D eigenvalue weighted by Crippen LogP contribution is -2.18. The zero-order chi connectivity index (χ0) is 9.84. The second-order valence-electron chi connectivity index (χ2n) is 2.69. The predicted molar refractivity (Wildman–Crippen MR) is 61.5 cm³/mol. The molecule has 1 amide bonds. The number of amides is 1. The van der Waals surface area contributed by atoms with E-state index in [2.05, 4.69) is 33.9 Å². The summed E-state index contributed by atoms with van der Waals surface area (Å²) in [7, 11) is 0. The summed E-state index contributed by atoms with van der Waals surface area (Å²) >= 11 is 7.01. The fourth-order valence-corrected chi connectivity index (χ4v) is 1.02. The van der Waals surface area contributed by atoms with Gasteiger partial charge in [-0.2, -0.15) is 12.6 Å². The van der Waals surface area contributed by atoms with Gasteiger partial charge in [-0.1, -0.05) is 33.6 Å². The van der Waals surface area contributed by atoms with Crippen LogP contribution in [0.2, 0.25) is 0 Å². The highest BCUT2D eigenvalue weighted by Crippen LogP contribution is 2.12. The van der Waals surface area contributed by atoms with Crippen LogP contribution in [0.3, 0.4) is 0 Å². The van der Waals surface area contributed by atoms with E-state index < -0.39 is 4.16 Å². The Morgan fingerprint density at radius 3 is 2.46 bits per heavy atom. The number of hydrogen-bond acceptors (Lipinski definition) is 2. The normalized spacial score (nSPS) is 12.2. The Balaban J connectivity index is 2.65. The standard InChI is InChI=1S/C9H10BrNOS/c1-6-2-4-7(5-3-6)11-9(12)8(10)13/h2-5,8,13H,1H3,(H,11,12). The van der Waals surface area contributed by atoms with Crippen molar-refractivity contribution in [1.29, 1.82) is 0 Å². The van der Waals surface area contributed by atoms with Crippen LogP contribution in [0.5, 0.6) is 0 Å². The van der Waals surface area contributed by atoms with Gasteiger partial charge in [0.1, 0.15) is 4.16 Å².